The Kier molecular flexibility index (Phi) is 7.05. The van der Waals surface area contributed by atoms with Crippen LogP contribution in [-0.2, 0) is 14.3 Å². The summed E-state index contributed by atoms with van der Waals surface area (Å²) in [6.07, 6.45) is -2.81. The fourth-order valence-corrected chi connectivity index (χ4v) is 2.16. The first-order chi connectivity index (χ1) is 10.7. The molecule has 0 spiro atoms. The molecule has 3 N–H and O–H groups in total. The molecule has 1 aromatic rings. The number of hydrogen-bond acceptors (Lipinski definition) is 5. The van der Waals surface area contributed by atoms with Gasteiger partial charge in [-0.25, -0.2) is 8.78 Å². The highest BCUT2D eigenvalue weighted by molar-refractivity contribution is 5.73. The van der Waals surface area contributed by atoms with Crippen molar-refractivity contribution in [3.8, 4) is 0 Å². The van der Waals surface area contributed by atoms with Gasteiger partial charge in [-0.1, -0.05) is 0 Å². The summed E-state index contributed by atoms with van der Waals surface area (Å²) in [5.74, 6) is -2.86. The number of benzene rings is 1. The van der Waals surface area contributed by atoms with Crippen molar-refractivity contribution in [2.24, 2.45) is 0 Å². The van der Waals surface area contributed by atoms with Gasteiger partial charge in [-0.05, 0) is 24.6 Å². The Bertz CT molecular complexity index is 567. The van der Waals surface area contributed by atoms with E-state index in [1.54, 1.807) is 0 Å². The molecule has 1 aromatic carbocycles. The molecule has 0 radical (unpaired) electrons. The predicted octanol–water partition coefficient (Wildman–Crippen LogP) is 0.817. The number of esters is 1. The van der Waals surface area contributed by atoms with Crippen molar-refractivity contribution in [3.05, 3.63) is 35.4 Å². The van der Waals surface area contributed by atoms with Crippen molar-refractivity contribution < 1.29 is 33.3 Å². The number of aliphatic hydroxyl groups is 2. The smallest absolute Gasteiger partial charge is 0.303 e. The van der Waals surface area contributed by atoms with Gasteiger partial charge in [0.05, 0.1) is 18.8 Å². The monoisotopic (exact) mass is 331 g/mol. The molecule has 23 heavy (non-hydrogen) atoms. The van der Waals surface area contributed by atoms with E-state index >= 15 is 0 Å². The van der Waals surface area contributed by atoms with Gasteiger partial charge in [-0.3, -0.25) is 9.59 Å². The third-order valence-electron chi connectivity index (χ3n) is 3.05. The number of halogens is 2. The van der Waals surface area contributed by atoms with Gasteiger partial charge in [0.25, 0.3) is 0 Å². The predicted molar refractivity (Wildman–Crippen MR) is 76.2 cm³/mol. The second-order valence-corrected chi connectivity index (χ2v) is 5.07. The topological polar surface area (TPSA) is 95.9 Å². The summed E-state index contributed by atoms with van der Waals surface area (Å²) in [5, 5.41) is 21.0. The van der Waals surface area contributed by atoms with E-state index in [0.717, 1.165) is 25.1 Å². The summed E-state index contributed by atoms with van der Waals surface area (Å²) in [4.78, 5) is 22.6. The van der Waals surface area contributed by atoms with Crippen LogP contribution in [0.5, 0.6) is 0 Å². The largest absolute Gasteiger partial charge is 0.455 e. The van der Waals surface area contributed by atoms with Crippen LogP contribution in [0.2, 0.25) is 0 Å². The Morgan fingerprint density at radius 2 is 1.96 bits per heavy atom. The van der Waals surface area contributed by atoms with Crippen LogP contribution in [0.4, 0.5) is 8.78 Å². The summed E-state index contributed by atoms with van der Waals surface area (Å²) in [6.45, 7) is 1.66. The third kappa shape index (κ3) is 5.91. The van der Waals surface area contributed by atoms with Crippen molar-refractivity contribution in [3.63, 3.8) is 0 Å². The molecule has 8 heteroatoms. The molecule has 0 aliphatic heterocycles. The molecule has 0 fully saturated rings. The molecule has 3 atom stereocenters. The van der Waals surface area contributed by atoms with E-state index in [9.17, 15) is 23.5 Å². The Morgan fingerprint density at radius 1 is 1.30 bits per heavy atom. The number of hydrogen-bond donors (Lipinski definition) is 3. The lowest BCUT2D eigenvalue weighted by Crippen LogP contribution is -2.42. The molecular weight excluding hydrogens is 312 g/mol. The summed E-state index contributed by atoms with van der Waals surface area (Å²) >= 11 is 0. The van der Waals surface area contributed by atoms with E-state index in [1.807, 2.05) is 0 Å². The number of rotatable bonds is 7. The molecule has 0 aliphatic rings. The van der Waals surface area contributed by atoms with Crippen LogP contribution in [-0.4, -0.2) is 40.8 Å². The molecule has 0 saturated carbocycles. The van der Waals surface area contributed by atoms with Crippen molar-refractivity contribution in [2.75, 3.05) is 6.61 Å². The first-order valence-electron chi connectivity index (χ1n) is 6.92. The fraction of sp³-hybridized carbons (Fsp3) is 0.467. The van der Waals surface area contributed by atoms with Gasteiger partial charge in [-0.15, -0.1) is 0 Å². The van der Waals surface area contributed by atoms with Gasteiger partial charge in [0, 0.05) is 19.4 Å². The van der Waals surface area contributed by atoms with Gasteiger partial charge in [0.1, 0.15) is 17.7 Å². The number of nitrogens with one attached hydrogen (secondary N) is 1. The van der Waals surface area contributed by atoms with E-state index in [-0.39, 0.29) is 12.0 Å². The molecule has 1 amide bonds. The highest BCUT2D eigenvalue weighted by Crippen LogP contribution is 2.27. The number of amides is 1. The maximum absolute atomic E-state index is 14.0. The minimum Gasteiger partial charge on any atom is -0.455 e. The van der Waals surface area contributed by atoms with Crippen LogP contribution >= 0.6 is 0 Å². The molecular formula is C15H19F2NO5. The zero-order chi connectivity index (χ0) is 17.6. The Hall–Kier alpha value is -2.06. The highest BCUT2D eigenvalue weighted by Gasteiger charge is 2.31. The number of aliphatic hydroxyl groups excluding tert-OH is 2. The normalized spacial score (nSPS) is 14.7. The van der Waals surface area contributed by atoms with Crippen molar-refractivity contribution >= 4 is 11.9 Å². The summed E-state index contributed by atoms with van der Waals surface area (Å²) in [6, 6.07) is 1.58. The number of carbonyl (C=O) groups excluding carboxylic acids is 2. The lowest BCUT2D eigenvalue weighted by Gasteiger charge is -2.29. The van der Waals surface area contributed by atoms with Gasteiger partial charge in [0.15, 0.2) is 0 Å². The zero-order valence-electron chi connectivity index (χ0n) is 12.8. The van der Waals surface area contributed by atoms with Gasteiger partial charge >= 0.3 is 5.97 Å². The lowest BCUT2D eigenvalue weighted by molar-refractivity contribution is -0.150. The van der Waals surface area contributed by atoms with E-state index in [4.69, 9.17) is 9.84 Å². The van der Waals surface area contributed by atoms with Gasteiger partial charge in [0.2, 0.25) is 5.91 Å². The Balaban J connectivity index is 3.24. The quantitative estimate of drug-likeness (QED) is 0.643. The molecule has 6 nitrogen and oxygen atoms in total. The van der Waals surface area contributed by atoms with E-state index < -0.39 is 48.4 Å². The molecule has 1 rings (SSSR count). The van der Waals surface area contributed by atoms with Crippen LogP contribution in [0.3, 0.4) is 0 Å². The van der Waals surface area contributed by atoms with E-state index in [1.165, 1.54) is 6.92 Å². The fourth-order valence-electron chi connectivity index (χ4n) is 2.16. The van der Waals surface area contributed by atoms with Gasteiger partial charge in [-0.2, -0.15) is 0 Å². The van der Waals surface area contributed by atoms with Crippen LogP contribution in [0.15, 0.2) is 18.2 Å². The van der Waals surface area contributed by atoms with E-state index in [2.05, 4.69) is 5.32 Å². The second kappa shape index (κ2) is 8.54. The van der Waals surface area contributed by atoms with Crippen LogP contribution in [0, 0.1) is 11.6 Å². The highest BCUT2D eigenvalue weighted by atomic mass is 19.1. The number of carbonyl (C=O) groups is 2. The Labute approximate surface area is 132 Å². The van der Waals surface area contributed by atoms with E-state index in [0.29, 0.717) is 0 Å². The average molecular weight is 331 g/mol. The number of ether oxygens (including phenoxy) is 1. The standard InChI is InChI=1S/C15H19F2NO5/c1-8(20)18-14(6-11(22)7-19)15(23-9(2)21)12-5-10(16)3-4-13(12)17/h3-5,11,14-15,19,22H,6-7H2,1-2H3,(H,18,20). The molecule has 128 valence electrons. The molecule has 0 heterocycles. The first-order valence-corrected chi connectivity index (χ1v) is 6.92. The van der Waals surface area contributed by atoms with Crippen molar-refractivity contribution in [1.82, 2.24) is 5.32 Å². The first kappa shape index (κ1) is 19.0. The second-order valence-electron chi connectivity index (χ2n) is 5.07. The van der Waals surface area contributed by atoms with Crippen LogP contribution < -0.4 is 5.32 Å². The SMILES string of the molecule is CC(=O)NC(CC(O)CO)C(OC(C)=O)c1cc(F)ccc1F. The lowest BCUT2D eigenvalue weighted by atomic mass is 9.96. The zero-order valence-corrected chi connectivity index (χ0v) is 12.8. The maximum Gasteiger partial charge on any atom is 0.303 e. The van der Waals surface area contributed by atoms with Gasteiger partial charge < -0.3 is 20.3 Å². The minimum absolute atomic E-state index is 0.218. The molecule has 3 unspecified atom stereocenters. The molecule has 0 aromatic heterocycles. The van der Waals surface area contributed by atoms with Crippen LogP contribution in [0.1, 0.15) is 31.9 Å². The molecule has 0 aliphatic carbocycles. The molecule has 0 saturated heterocycles. The Morgan fingerprint density at radius 3 is 2.48 bits per heavy atom. The summed E-state index contributed by atoms with van der Waals surface area (Å²) in [5.41, 5.74) is -0.274. The minimum atomic E-state index is -1.35. The van der Waals surface area contributed by atoms with Crippen LogP contribution in [0.25, 0.3) is 0 Å². The average Bonchev–Trinajstić information content (AvgIpc) is 2.46. The molecule has 0 bridgehead atoms. The third-order valence-corrected chi connectivity index (χ3v) is 3.05. The van der Waals surface area contributed by atoms with Crippen molar-refractivity contribution in [2.45, 2.75) is 38.5 Å². The summed E-state index contributed by atoms with van der Waals surface area (Å²) in [7, 11) is 0. The maximum atomic E-state index is 14.0. The van der Waals surface area contributed by atoms with Crippen molar-refractivity contribution in [1.29, 1.82) is 0 Å². The summed E-state index contributed by atoms with van der Waals surface area (Å²) < 4.78 is 32.4.